The molecule has 0 saturated carbocycles. The topological polar surface area (TPSA) is 60.9 Å². The minimum atomic E-state index is -0.333. The molecule has 0 spiro atoms. The van der Waals surface area contributed by atoms with E-state index in [4.69, 9.17) is 5.73 Å². The lowest BCUT2D eigenvalue weighted by Crippen LogP contribution is -2.26. The third kappa shape index (κ3) is 1.64. The van der Waals surface area contributed by atoms with Crippen LogP contribution in [-0.2, 0) is 4.79 Å². The molecule has 0 aliphatic carbocycles. The first-order valence-corrected chi connectivity index (χ1v) is 3.95. The zero-order valence-corrected chi connectivity index (χ0v) is 7.32. The van der Waals surface area contributed by atoms with Gasteiger partial charge in [-0.1, -0.05) is 6.92 Å². The first kappa shape index (κ1) is 8.77. The summed E-state index contributed by atoms with van der Waals surface area (Å²) >= 11 is 0. The van der Waals surface area contributed by atoms with Crippen molar-refractivity contribution in [3.63, 3.8) is 0 Å². The van der Waals surface area contributed by atoms with Crippen molar-refractivity contribution in [2.45, 2.75) is 26.3 Å². The van der Waals surface area contributed by atoms with Gasteiger partial charge in [-0.15, -0.1) is 0 Å². The lowest BCUT2D eigenvalue weighted by Gasteiger charge is -2.10. The zero-order chi connectivity index (χ0) is 9.14. The SMILES string of the molecule is CCC(C(N)=O)n1cc(C)cn1. The van der Waals surface area contributed by atoms with Crippen molar-refractivity contribution in [3.8, 4) is 0 Å². The molecule has 66 valence electrons. The maximum atomic E-state index is 10.9. The monoisotopic (exact) mass is 167 g/mol. The normalized spacial score (nSPS) is 12.8. The van der Waals surface area contributed by atoms with Crippen molar-refractivity contribution in [1.29, 1.82) is 0 Å². The van der Waals surface area contributed by atoms with Gasteiger partial charge in [0, 0.05) is 6.20 Å². The summed E-state index contributed by atoms with van der Waals surface area (Å²) in [6.45, 7) is 3.84. The van der Waals surface area contributed by atoms with Gasteiger partial charge >= 0.3 is 0 Å². The van der Waals surface area contributed by atoms with E-state index in [2.05, 4.69) is 5.10 Å². The van der Waals surface area contributed by atoms with Gasteiger partial charge in [0.05, 0.1) is 6.20 Å². The summed E-state index contributed by atoms with van der Waals surface area (Å²) in [6.07, 6.45) is 4.21. The Morgan fingerprint density at radius 3 is 2.83 bits per heavy atom. The van der Waals surface area contributed by atoms with E-state index in [1.54, 1.807) is 10.9 Å². The molecule has 1 rings (SSSR count). The number of aromatic nitrogens is 2. The number of amides is 1. The van der Waals surface area contributed by atoms with Gasteiger partial charge in [-0.2, -0.15) is 5.10 Å². The molecule has 1 aromatic heterocycles. The molecule has 0 aromatic carbocycles. The maximum Gasteiger partial charge on any atom is 0.242 e. The summed E-state index contributed by atoms with van der Waals surface area (Å²) in [5.74, 6) is -0.333. The van der Waals surface area contributed by atoms with Crippen LogP contribution in [0.4, 0.5) is 0 Å². The number of primary amides is 1. The van der Waals surface area contributed by atoms with Crippen LogP contribution in [0.25, 0.3) is 0 Å². The Balaban J connectivity index is 2.87. The second-order valence-corrected chi connectivity index (χ2v) is 2.82. The fraction of sp³-hybridized carbons (Fsp3) is 0.500. The molecule has 1 atom stereocenters. The lowest BCUT2D eigenvalue weighted by molar-refractivity contribution is -0.121. The van der Waals surface area contributed by atoms with Crippen LogP contribution in [0.5, 0.6) is 0 Å². The minimum Gasteiger partial charge on any atom is -0.368 e. The average molecular weight is 167 g/mol. The molecule has 12 heavy (non-hydrogen) atoms. The van der Waals surface area contributed by atoms with Gasteiger partial charge in [0.2, 0.25) is 5.91 Å². The van der Waals surface area contributed by atoms with E-state index in [-0.39, 0.29) is 11.9 Å². The fourth-order valence-corrected chi connectivity index (χ4v) is 1.12. The molecule has 2 N–H and O–H groups in total. The quantitative estimate of drug-likeness (QED) is 0.717. The smallest absolute Gasteiger partial charge is 0.242 e. The summed E-state index contributed by atoms with van der Waals surface area (Å²) in [5, 5.41) is 4.02. The second kappa shape index (κ2) is 3.38. The van der Waals surface area contributed by atoms with E-state index in [9.17, 15) is 4.79 Å². The predicted molar refractivity (Wildman–Crippen MR) is 45.5 cm³/mol. The first-order valence-electron chi connectivity index (χ1n) is 3.95. The summed E-state index contributed by atoms with van der Waals surface area (Å²) in [4.78, 5) is 10.9. The van der Waals surface area contributed by atoms with Crippen molar-refractivity contribution in [2.75, 3.05) is 0 Å². The third-order valence-corrected chi connectivity index (χ3v) is 1.77. The van der Waals surface area contributed by atoms with Crippen LogP contribution in [0.15, 0.2) is 12.4 Å². The zero-order valence-electron chi connectivity index (χ0n) is 7.32. The Morgan fingerprint density at radius 1 is 1.83 bits per heavy atom. The summed E-state index contributed by atoms with van der Waals surface area (Å²) in [6, 6.07) is -0.307. The van der Waals surface area contributed by atoms with E-state index in [1.165, 1.54) is 0 Å². The van der Waals surface area contributed by atoms with Gasteiger partial charge in [0.25, 0.3) is 0 Å². The molecular formula is C8H13N3O. The highest BCUT2D eigenvalue weighted by Gasteiger charge is 2.14. The van der Waals surface area contributed by atoms with Crippen LogP contribution in [0, 0.1) is 6.92 Å². The molecule has 1 aromatic rings. The van der Waals surface area contributed by atoms with Crippen molar-refractivity contribution in [3.05, 3.63) is 18.0 Å². The molecule has 4 nitrogen and oxygen atoms in total. The van der Waals surface area contributed by atoms with E-state index in [1.807, 2.05) is 20.0 Å². The van der Waals surface area contributed by atoms with Gasteiger partial charge < -0.3 is 5.73 Å². The molecular weight excluding hydrogens is 154 g/mol. The van der Waals surface area contributed by atoms with Gasteiger partial charge in [-0.25, -0.2) is 0 Å². The Kier molecular flexibility index (Phi) is 2.47. The molecule has 1 amide bonds. The summed E-state index contributed by atoms with van der Waals surface area (Å²) in [5.41, 5.74) is 6.23. The van der Waals surface area contributed by atoms with E-state index in [0.717, 1.165) is 5.56 Å². The number of nitrogens with two attached hydrogens (primary N) is 1. The predicted octanol–water partition coefficient (Wildman–Crippen LogP) is 0.628. The number of hydrogen-bond acceptors (Lipinski definition) is 2. The van der Waals surface area contributed by atoms with Crippen LogP contribution in [0.3, 0.4) is 0 Å². The number of rotatable bonds is 3. The number of carbonyl (C=O) groups is 1. The van der Waals surface area contributed by atoms with E-state index >= 15 is 0 Å². The Bertz CT molecular complexity index is 280. The Labute approximate surface area is 71.4 Å². The molecule has 1 unspecified atom stereocenters. The lowest BCUT2D eigenvalue weighted by atomic mass is 10.2. The van der Waals surface area contributed by atoms with Crippen LogP contribution >= 0.6 is 0 Å². The molecule has 0 aliphatic heterocycles. The Hall–Kier alpha value is -1.32. The molecule has 0 radical (unpaired) electrons. The van der Waals surface area contributed by atoms with Gasteiger partial charge in [-0.05, 0) is 18.9 Å². The number of aryl methyl sites for hydroxylation is 1. The summed E-state index contributed by atoms with van der Waals surface area (Å²) in [7, 11) is 0. The number of carbonyl (C=O) groups excluding carboxylic acids is 1. The van der Waals surface area contributed by atoms with Crippen LogP contribution < -0.4 is 5.73 Å². The van der Waals surface area contributed by atoms with Gasteiger partial charge in [-0.3, -0.25) is 9.48 Å². The van der Waals surface area contributed by atoms with Crippen molar-refractivity contribution >= 4 is 5.91 Å². The van der Waals surface area contributed by atoms with Crippen LogP contribution in [0.2, 0.25) is 0 Å². The molecule has 0 saturated heterocycles. The van der Waals surface area contributed by atoms with Crippen LogP contribution in [-0.4, -0.2) is 15.7 Å². The molecule has 0 fully saturated rings. The highest BCUT2D eigenvalue weighted by atomic mass is 16.1. The molecule has 4 heteroatoms. The summed E-state index contributed by atoms with van der Waals surface area (Å²) < 4.78 is 1.61. The maximum absolute atomic E-state index is 10.9. The van der Waals surface area contributed by atoms with Crippen molar-refractivity contribution in [1.82, 2.24) is 9.78 Å². The third-order valence-electron chi connectivity index (χ3n) is 1.77. The highest BCUT2D eigenvalue weighted by Crippen LogP contribution is 2.09. The molecule has 0 bridgehead atoms. The van der Waals surface area contributed by atoms with Crippen molar-refractivity contribution in [2.24, 2.45) is 5.73 Å². The molecule has 1 heterocycles. The molecule has 0 aliphatic rings. The minimum absolute atomic E-state index is 0.307. The number of nitrogens with zero attached hydrogens (tertiary/aromatic N) is 2. The van der Waals surface area contributed by atoms with E-state index < -0.39 is 0 Å². The highest BCUT2D eigenvalue weighted by molar-refractivity contribution is 5.78. The van der Waals surface area contributed by atoms with E-state index in [0.29, 0.717) is 6.42 Å². The van der Waals surface area contributed by atoms with Crippen LogP contribution in [0.1, 0.15) is 24.9 Å². The Morgan fingerprint density at radius 2 is 2.50 bits per heavy atom. The number of hydrogen-bond donors (Lipinski definition) is 1. The standard InChI is InChI=1S/C8H13N3O/c1-3-7(8(9)12)11-5-6(2)4-10-11/h4-5,7H,3H2,1-2H3,(H2,9,12). The first-order chi connectivity index (χ1) is 5.65. The van der Waals surface area contributed by atoms with Gasteiger partial charge in [0.15, 0.2) is 0 Å². The fourth-order valence-electron chi connectivity index (χ4n) is 1.12. The second-order valence-electron chi connectivity index (χ2n) is 2.82. The largest absolute Gasteiger partial charge is 0.368 e. The van der Waals surface area contributed by atoms with Crippen molar-refractivity contribution < 1.29 is 4.79 Å². The van der Waals surface area contributed by atoms with Gasteiger partial charge in [0.1, 0.15) is 6.04 Å². The average Bonchev–Trinajstić information content (AvgIpc) is 2.37.